The van der Waals surface area contributed by atoms with E-state index in [0.29, 0.717) is 0 Å². The van der Waals surface area contributed by atoms with E-state index < -0.39 is 18.2 Å². The van der Waals surface area contributed by atoms with Crippen LogP contribution in [-0.2, 0) is 9.84 Å². The lowest BCUT2D eigenvalue weighted by Gasteiger charge is -2.23. The number of benzene rings is 2. The molecule has 2 aromatic rings. The number of halogens is 2. The largest absolute Gasteiger partial charge is 0.226 e. The average Bonchev–Trinajstić information content (AvgIpc) is 2.60. The molecule has 136 valence electrons. The quantitative estimate of drug-likeness (QED) is 0.418. The number of sulfone groups is 1. The molecule has 0 spiro atoms. The van der Waals surface area contributed by atoms with E-state index >= 15 is 0 Å². The van der Waals surface area contributed by atoms with Gasteiger partial charge in [0.2, 0.25) is 0 Å². The summed E-state index contributed by atoms with van der Waals surface area (Å²) in [6.07, 6.45) is 0. The molecule has 0 aromatic heterocycles. The number of alkyl halides is 2. The van der Waals surface area contributed by atoms with Crippen molar-refractivity contribution >= 4 is 41.7 Å². The Morgan fingerprint density at radius 2 is 0.920 bits per heavy atom. The molecule has 0 fully saturated rings. The third-order valence-electron chi connectivity index (χ3n) is 4.30. The molecule has 0 radical (unpaired) electrons. The van der Waals surface area contributed by atoms with E-state index in [1.165, 1.54) is 0 Å². The Morgan fingerprint density at radius 1 is 0.640 bits per heavy atom. The summed E-state index contributed by atoms with van der Waals surface area (Å²) in [4.78, 5) is 0. The van der Waals surface area contributed by atoms with Crippen LogP contribution in [0.5, 0.6) is 0 Å². The summed E-state index contributed by atoms with van der Waals surface area (Å²) in [5.41, 5.74) is 3.71. The fraction of sp³-hybridized carbons (Fsp3) is 0.400. The van der Waals surface area contributed by atoms with Crippen molar-refractivity contribution in [2.75, 3.05) is 0 Å². The lowest BCUT2D eigenvalue weighted by atomic mass is 9.98. The van der Waals surface area contributed by atoms with Gasteiger partial charge in [0.25, 0.3) is 0 Å². The molecule has 2 nitrogen and oxygen atoms in total. The van der Waals surface area contributed by atoms with Crippen LogP contribution in [0.25, 0.3) is 0 Å². The molecule has 0 aliphatic rings. The minimum atomic E-state index is -3.52. The van der Waals surface area contributed by atoms with Crippen LogP contribution < -0.4 is 0 Å². The van der Waals surface area contributed by atoms with Crippen LogP contribution in [0.4, 0.5) is 0 Å². The van der Waals surface area contributed by atoms with Gasteiger partial charge in [0, 0.05) is 0 Å². The first-order valence-corrected chi connectivity index (χ1v) is 11.8. The van der Waals surface area contributed by atoms with Crippen LogP contribution in [0.3, 0.4) is 0 Å². The maximum Gasteiger partial charge on any atom is 0.184 e. The van der Waals surface area contributed by atoms with Gasteiger partial charge in [0.1, 0.15) is 8.32 Å². The lowest BCUT2D eigenvalue weighted by molar-refractivity contribution is 0.593. The van der Waals surface area contributed by atoms with Gasteiger partial charge >= 0.3 is 0 Å². The highest BCUT2D eigenvalue weighted by Crippen LogP contribution is 2.45. The summed E-state index contributed by atoms with van der Waals surface area (Å²) in [7, 11) is -3.52. The summed E-state index contributed by atoms with van der Waals surface area (Å²) < 4.78 is 25.1. The Hall–Kier alpha value is -0.650. The number of rotatable bonds is 6. The molecule has 0 heterocycles. The van der Waals surface area contributed by atoms with Gasteiger partial charge in [-0.15, -0.1) is 0 Å². The van der Waals surface area contributed by atoms with E-state index in [0.717, 1.165) is 22.3 Å². The topological polar surface area (TPSA) is 34.1 Å². The first kappa shape index (κ1) is 20.7. The molecule has 0 aliphatic heterocycles. The van der Waals surface area contributed by atoms with Crippen LogP contribution in [-0.4, -0.2) is 8.42 Å². The van der Waals surface area contributed by atoms with Crippen molar-refractivity contribution < 1.29 is 8.42 Å². The number of hydrogen-bond acceptors (Lipinski definition) is 2. The second-order valence-corrected chi connectivity index (χ2v) is 12.0. The molecular weight excluding hydrogens is 464 g/mol. The van der Waals surface area contributed by atoms with Gasteiger partial charge in [-0.2, -0.15) is 0 Å². The molecule has 2 unspecified atom stereocenters. The maximum absolute atomic E-state index is 13.3. The predicted molar refractivity (Wildman–Crippen MR) is 113 cm³/mol. The van der Waals surface area contributed by atoms with Gasteiger partial charge in [-0.25, -0.2) is 8.42 Å². The van der Waals surface area contributed by atoms with Crippen molar-refractivity contribution in [3.05, 3.63) is 70.8 Å². The Labute approximate surface area is 168 Å². The average molecular weight is 488 g/mol. The highest BCUT2D eigenvalue weighted by Gasteiger charge is 2.35. The van der Waals surface area contributed by atoms with Crippen molar-refractivity contribution in [2.24, 2.45) is 0 Å². The second-order valence-electron chi connectivity index (χ2n) is 6.79. The van der Waals surface area contributed by atoms with Crippen LogP contribution in [0.2, 0.25) is 0 Å². The van der Waals surface area contributed by atoms with Gasteiger partial charge < -0.3 is 0 Å². The zero-order chi connectivity index (χ0) is 18.8. The fourth-order valence-corrected chi connectivity index (χ4v) is 7.29. The minimum absolute atomic E-state index is 0.253. The molecular formula is C20H24Br2O2S. The Balaban J connectivity index is 2.49. The number of hydrogen-bond donors (Lipinski definition) is 0. The zero-order valence-corrected chi connectivity index (χ0v) is 18.9. The SMILES string of the molecule is CC(C)c1ccccc1C(Br)S(=O)(=O)C(Br)c1ccccc1C(C)C. The molecule has 0 bridgehead atoms. The van der Waals surface area contributed by atoms with Gasteiger partial charge in [0.15, 0.2) is 9.84 Å². The highest BCUT2D eigenvalue weighted by molar-refractivity contribution is 9.12. The summed E-state index contributed by atoms with van der Waals surface area (Å²) in [5, 5.41) is 0. The molecule has 0 saturated carbocycles. The molecule has 25 heavy (non-hydrogen) atoms. The summed E-state index contributed by atoms with van der Waals surface area (Å²) >= 11 is 6.94. The molecule has 2 aromatic carbocycles. The summed E-state index contributed by atoms with van der Waals surface area (Å²) in [6, 6.07) is 15.4. The Morgan fingerprint density at radius 3 is 1.20 bits per heavy atom. The lowest BCUT2D eigenvalue weighted by Crippen LogP contribution is -2.16. The Kier molecular flexibility index (Phi) is 6.91. The first-order chi connectivity index (χ1) is 11.7. The van der Waals surface area contributed by atoms with Gasteiger partial charge in [-0.1, -0.05) is 108 Å². The molecule has 0 aliphatic carbocycles. The molecule has 2 rings (SSSR count). The van der Waals surface area contributed by atoms with E-state index in [1.54, 1.807) is 0 Å². The van der Waals surface area contributed by atoms with Crippen LogP contribution in [0.15, 0.2) is 48.5 Å². The van der Waals surface area contributed by atoms with Gasteiger partial charge in [0.05, 0.1) is 0 Å². The standard InChI is InChI=1S/C20H24Br2O2S/c1-13(2)15-9-5-7-11-17(15)19(21)25(23,24)20(22)18-12-8-6-10-16(18)14(3)4/h5-14,19-20H,1-4H3. The van der Waals surface area contributed by atoms with Crippen molar-refractivity contribution in [3.63, 3.8) is 0 Å². The fourth-order valence-electron chi connectivity index (χ4n) is 2.95. The molecule has 0 saturated heterocycles. The van der Waals surface area contributed by atoms with E-state index in [9.17, 15) is 8.42 Å². The van der Waals surface area contributed by atoms with Crippen molar-refractivity contribution in [3.8, 4) is 0 Å². The van der Waals surface area contributed by atoms with Gasteiger partial charge in [-0.3, -0.25) is 0 Å². The third kappa shape index (κ3) is 4.37. The first-order valence-electron chi connectivity index (χ1n) is 8.36. The van der Waals surface area contributed by atoms with Crippen LogP contribution >= 0.6 is 31.9 Å². The summed E-state index contributed by atoms with van der Waals surface area (Å²) in [6.45, 7) is 8.30. The molecule has 0 amide bonds. The normalized spacial score (nSPS) is 14.7. The van der Waals surface area contributed by atoms with Crippen LogP contribution in [0, 0.1) is 0 Å². The maximum atomic E-state index is 13.3. The summed E-state index contributed by atoms with van der Waals surface area (Å²) in [5.74, 6) is 0.506. The van der Waals surface area contributed by atoms with Gasteiger partial charge in [-0.05, 0) is 34.1 Å². The minimum Gasteiger partial charge on any atom is -0.226 e. The van der Waals surface area contributed by atoms with Crippen LogP contribution in [0.1, 0.15) is 70.1 Å². The van der Waals surface area contributed by atoms with E-state index in [4.69, 9.17) is 0 Å². The zero-order valence-electron chi connectivity index (χ0n) is 14.9. The smallest absolute Gasteiger partial charge is 0.184 e. The molecule has 0 N–H and O–H groups in total. The molecule has 5 heteroatoms. The Bertz CT molecular complexity index is 766. The third-order valence-corrected chi connectivity index (χ3v) is 10.1. The predicted octanol–water partition coefficient (Wildman–Crippen LogP) is 6.84. The van der Waals surface area contributed by atoms with E-state index in [-0.39, 0.29) is 11.8 Å². The monoisotopic (exact) mass is 486 g/mol. The molecule has 2 atom stereocenters. The van der Waals surface area contributed by atoms with Crippen molar-refractivity contribution in [1.82, 2.24) is 0 Å². The van der Waals surface area contributed by atoms with E-state index in [1.807, 2.05) is 48.5 Å². The van der Waals surface area contributed by atoms with Crippen molar-refractivity contribution in [1.29, 1.82) is 0 Å². The van der Waals surface area contributed by atoms with E-state index in [2.05, 4.69) is 59.6 Å². The second kappa shape index (κ2) is 8.36. The highest BCUT2D eigenvalue weighted by atomic mass is 79.9. The van der Waals surface area contributed by atoms with Crippen molar-refractivity contribution in [2.45, 2.75) is 47.8 Å².